The van der Waals surface area contributed by atoms with Crippen LogP contribution in [0.5, 0.6) is 0 Å². The summed E-state index contributed by atoms with van der Waals surface area (Å²) < 4.78 is 36.3. The third-order valence-electron chi connectivity index (χ3n) is 2.47. The quantitative estimate of drug-likeness (QED) is 0.614. The highest BCUT2D eigenvalue weighted by atomic mass is 35.5. The minimum Gasteiger partial charge on any atom is -0.398 e. The molecule has 0 radical (unpaired) electrons. The number of halogens is 4. The number of hydrogen-bond donors (Lipinski definition) is 2. The van der Waals surface area contributed by atoms with Crippen LogP contribution in [0, 0.1) is 18.3 Å². The Balaban J connectivity index is 0.000000300. The molecule has 19 heavy (non-hydrogen) atoms. The van der Waals surface area contributed by atoms with Crippen LogP contribution < -0.4 is 5.73 Å². The molecule has 2 rings (SSSR count). The highest BCUT2D eigenvalue weighted by molar-refractivity contribution is 6.30. The van der Waals surface area contributed by atoms with Gasteiger partial charge in [0.2, 0.25) is 0 Å². The minimum absolute atomic E-state index is 0.0949. The third kappa shape index (κ3) is 5.01. The van der Waals surface area contributed by atoms with Gasteiger partial charge in [-0.05, 0) is 31.0 Å². The molecule has 1 aromatic rings. The fourth-order valence-corrected chi connectivity index (χ4v) is 1.39. The fraction of sp³-hybridized carbons (Fsp3) is 0.385. The van der Waals surface area contributed by atoms with Crippen LogP contribution in [0.3, 0.4) is 0 Å². The van der Waals surface area contributed by atoms with Crippen LogP contribution in [0.25, 0.3) is 0 Å². The number of alkyl halides is 3. The van der Waals surface area contributed by atoms with Crippen molar-refractivity contribution < 1.29 is 18.3 Å². The molecule has 0 amide bonds. The van der Waals surface area contributed by atoms with Crippen molar-refractivity contribution in [3.8, 4) is 12.3 Å². The number of aliphatic hydroxyl groups excluding tert-OH is 1. The van der Waals surface area contributed by atoms with E-state index in [0.29, 0.717) is 5.92 Å². The summed E-state index contributed by atoms with van der Waals surface area (Å²) >= 11 is 5.48. The summed E-state index contributed by atoms with van der Waals surface area (Å²) in [4.78, 5) is 0. The molecule has 2 nitrogen and oxygen atoms in total. The molecule has 1 atom stereocenters. The van der Waals surface area contributed by atoms with Crippen LogP contribution in [-0.4, -0.2) is 11.3 Å². The first-order chi connectivity index (χ1) is 8.75. The molecule has 0 aromatic heterocycles. The molecule has 0 bridgehead atoms. The number of rotatable bonds is 1. The van der Waals surface area contributed by atoms with E-state index in [4.69, 9.17) is 28.9 Å². The third-order valence-corrected chi connectivity index (χ3v) is 2.70. The standard InChI is InChI=1S/C8H7ClF3NO.C5H6/c9-4-1-2-6(13)5(3-4)7(14)8(10,11)12;1-2-5-3-4-5/h1-3,7,14H,13H2;1,5H,3-4H2/t7-;/m0./s1. The van der Waals surface area contributed by atoms with Crippen molar-refractivity contribution in [2.24, 2.45) is 5.92 Å². The molecule has 3 N–H and O–H groups in total. The summed E-state index contributed by atoms with van der Waals surface area (Å²) in [6.45, 7) is 0. The monoisotopic (exact) mass is 291 g/mol. The van der Waals surface area contributed by atoms with Gasteiger partial charge in [0.15, 0.2) is 6.10 Å². The zero-order chi connectivity index (χ0) is 14.6. The lowest BCUT2D eigenvalue weighted by Gasteiger charge is -2.16. The van der Waals surface area contributed by atoms with Gasteiger partial charge in [0.25, 0.3) is 0 Å². The predicted molar refractivity (Wildman–Crippen MR) is 68.4 cm³/mol. The van der Waals surface area contributed by atoms with E-state index < -0.39 is 17.8 Å². The average Bonchev–Trinajstić information content (AvgIpc) is 3.14. The predicted octanol–water partition coefficient (Wildman–Crippen LogP) is 3.55. The molecule has 1 aliphatic carbocycles. The molecule has 1 saturated carbocycles. The van der Waals surface area contributed by atoms with Gasteiger partial charge < -0.3 is 10.8 Å². The summed E-state index contributed by atoms with van der Waals surface area (Å²) in [5, 5.41) is 8.99. The van der Waals surface area contributed by atoms with Gasteiger partial charge in [0, 0.05) is 22.2 Å². The van der Waals surface area contributed by atoms with Crippen LogP contribution in [0.4, 0.5) is 18.9 Å². The van der Waals surface area contributed by atoms with E-state index in [-0.39, 0.29) is 10.7 Å². The highest BCUT2D eigenvalue weighted by Gasteiger charge is 2.40. The molecule has 104 valence electrons. The van der Waals surface area contributed by atoms with Gasteiger partial charge in [0.05, 0.1) is 0 Å². The van der Waals surface area contributed by atoms with Gasteiger partial charge in [0.1, 0.15) is 0 Å². The molecule has 6 heteroatoms. The summed E-state index contributed by atoms with van der Waals surface area (Å²) in [5.41, 5.74) is 4.70. The summed E-state index contributed by atoms with van der Waals surface area (Å²) in [6, 6.07) is 3.56. The van der Waals surface area contributed by atoms with Crippen molar-refractivity contribution in [3.05, 3.63) is 28.8 Å². The first kappa shape index (κ1) is 15.7. The highest BCUT2D eigenvalue weighted by Crippen LogP contribution is 2.36. The second-order valence-corrected chi connectivity index (χ2v) is 4.59. The lowest BCUT2D eigenvalue weighted by atomic mass is 10.1. The molecule has 1 fully saturated rings. The van der Waals surface area contributed by atoms with Crippen LogP contribution >= 0.6 is 11.6 Å². The Morgan fingerprint density at radius 2 is 2.00 bits per heavy atom. The van der Waals surface area contributed by atoms with Crippen molar-refractivity contribution >= 4 is 17.3 Å². The maximum Gasteiger partial charge on any atom is 0.418 e. The molecular formula is C13H13ClF3NO. The van der Waals surface area contributed by atoms with Crippen molar-refractivity contribution in [2.75, 3.05) is 5.73 Å². The van der Waals surface area contributed by atoms with E-state index in [2.05, 4.69) is 5.92 Å². The molecule has 1 aromatic carbocycles. The Labute approximate surface area is 114 Å². The van der Waals surface area contributed by atoms with E-state index in [1.807, 2.05) is 0 Å². The number of nitrogen functional groups attached to an aromatic ring is 1. The van der Waals surface area contributed by atoms with E-state index in [1.165, 1.54) is 25.0 Å². The largest absolute Gasteiger partial charge is 0.418 e. The summed E-state index contributed by atoms with van der Waals surface area (Å²) in [6.07, 6.45) is 0.199. The van der Waals surface area contributed by atoms with E-state index in [9.17, 15) is 13.2 Å². The number of nitrogens with two attached hydrogens (primary N) is 1. The van der Waals surface area contributed by atoms with Gasteiger partial charge >= 0.3 is 6.18 Å². The lowest BCUT2D eigenvalue weighted by Crippen LogP contribution is -2.21. The zero-order valence-electron chi connectivity index (χ0n) is 9.91. The number of benzene rings is 1. The number of terminal acetylenes is 1. The van der Waals surface area contributed by atoms with E-state index in [1.54, 1.807) is 0 Å². The van der Waals surface area contributed by atoms with Gasteiger partial charge in [-0.3, -0.25) is 0 Å². The minimum atomic E-state index is -4.74. The van der Waals surface area contributed by atoms with Gasteiger partial charge in [-0.1, -0.05) is 11.6 Å². The maximum atomic E-state index is 12.1. The SMILES string of the molecule is C#CC1CC1.Nc1ccc(Cl)cc1[C@H](O)C(F)(F)F. The second-order valence-electron chi connectivity index (χ2n) is 4.16. The maximum absolute atomic E-state index is 12.1. The van der Waals surface area contributed by atoms with Crippen molar-refractivity contribution in [1.82, 2.24) is 0 Å². The number of anilines is 1. The second kappa shape index (κ2) is 6.18. The number of hydrogen-bond acceptors (Lipinski definition) is 2. The Morgan fingerprint density at radius 1 is 1.42 bits per heavy atom. The van der Waals surface area contributed by atoms with Crippen LogP contribution in [0.15, 0.2) is 18.2 Å². The topological polar surface area (TPSA) is 46.2 Å². The summed E-state index contributed by atoms with van der Waals surface area (Å²) in [7, 11) is 0. The molecule has 0 unspecified atom stereocenters. The van der Waals surface area contributed by atoms with Crippen molar-refractivity contribution in [3.63, 3.8) is 0 Å². The first-order valence-corrected chi connectivity index (χ1v) is 5.89. The van der Waals surface area contributed by atoms with Crippen LogP contribution in [0.1, 0.15) is 24.5 Å². The Morgan fingerprint density at radius 3 is 2.37 bits per heavy atom. The van der Waals surface area contributed by atoms with Crippen molar-refractivity contribution in [1.29, 1.82) is 0 Å². The van der Waals surface area contributed by atoms with Gasteiger partial charge in [-0.15, -0.1) is 12.3 Å². The zero-order valence-corrected chi connectivity index (χ0v) is 10.7. The Kier molecular flexibility index (Phi) is 5.10. The normalized spacial score (nSPS) is 16.0. The van der Waals surface area contributed by atoms with Crippen molar-refractivity contribution in [2.45, 2.75) is 25.1 Å². The Hall–Kier alpha value is -1.38. The number of aliphatic hydroxyl groups is 1. The summed E-state index contributed by atoms with van der Waals surface area (Å²) in [5.74, 6) is 3.30. The first-order valence-electron chi connectivity index (χ1n) is 5.51. The Bertz CT molecular complexity index is 478. The molecule has 0 spiro atoms. The van der Waals surface area contributed by atoms with E-state index >= 15 is 0 Å². The average molecular weight is 292 g/mol. The molecule has 0 saturated heterocycles. The molecule has 1 aliphatic rings. The van der Waals surface area contributed by atoms with Crippen LogP contribution in [-0.2, 0) is 0 Å². The molecule has 0 heterocycles. The fourth-order valence-electron chi connectivity index (χ4n) is 1.21. The molecule has 0 aliphatic heterocycles. The van der Waals surface area contributed by atoms with Gasteiger partial charge in [-0.2, -0.15) is 13.2 Å². The van der Waals surface area contributed by atoms with E-state index in [0.717, 1.165) is 6.07 Å². The lowest BCUT2D eigenvalue weighted by molar-refractivity contribution is -0.206. The molecular weight excluding hydrogens is 279 g/mol. The smallest absolute Gasteiger partial charge is 0.398 e. The van der Waals surface area contributed by atoms with Gasteiger partial charge in [-0.25, -0.2) is 0 Å². The van der Waals surface area contributed by atoms with Crippen LogP contribution in [0.2, 0.25) is 5.02 Å².